The molecule has 3 rings (SSSR count). The average Bonchev–Trinajstić information content (AvgIpc) is 3.14. The second-order valence-electron chi connectivity index (χ2n) is 5.98. The standard InChI is InChI=1S/C16H18N2O5S2/c1-10-3-4-12(7-11(10)2)15-17-18-16(23-15)24-8-14(19)22-13-5-6-25(20,21)9-13/h3-4,7,13H,5-6,8-9H2,1-2H3/t13-/m0/s1. The Morgan fingerprint density at radius 2 is 2.12 bits per heavy atom. The average molecular weight is 382 g/mol. The van der Waals surface area contributed by atoms with Crippen molar-refractivity contribution < 1.29 is 22.4 Å². The highest BCUT2D eigenvalue weighted by Gasteiger charge is 2.30. The van der Waals surface area contributed by atoms with Gasteiger partial charge >= 0.3 is 5.97 Å². The van der Waals surface area contributed by atoms with E-state index in [0.29, 0.717) is 12.3 Å². The Kier molecular flexibility index (Phi) is 5.14. The van der Waals surface area contributed by atoms with Crippen molar-refractivity contribution in [3.8, 4) is 11.5 Å². The van der Waals surface area contributed by atoms with E-state index in [0.717, 1.165) is 22.9 Å². The molecule has 1 atom stereocenters. The Morgan fingerprint density at radius 3 is 2.80 bits per heavy atom. The van der Waals surface area contributed by atoms with Gasteiger partial charge in [-0.3, -0.25) is 4.79 Å². The number of sulfone groups is 1. The zero-order chi connectivity index (χ0) is 18.0. The van der Waals surface area contributed by atoms with Crippen LogP contribution in [-0.2, 0) is 19.4 Å². The minimum Gasteiger partial charge on any atom is -0.461 e. The van der Waals surface area contributed by atoms with E-state index in [1.807, 2.05) is 32.0 Å². The Hall–Kier alpha value is -1.87. The van der Waals surface area contributed by atoms with Crippen LogP contribution in [0.1, 0.15) is 17.5 Å². The topological polar surface area (TPSA) is 99.4 Å². The van der Waals surface area contributed by atoms with Gasteiger partial charge in [0.1, 0.15) is 11.9 Å². The Morgan fingerprint density at radius 1 is 1.32 bits per heavy atom. The van der Waals surface area contributed by atoms with E-state index < -0.39 is 21.9 Å². The number of aromatic nitrogens is 2. The molecule has 25 heavy (non-hydrogen) atoms. The summed E-state index contributed by atoms with van der Waals surface area (Å²) in [6.07, 6.45) is -0.192. The lowest BCUT2D eigenvalue weighted by atomic mass is 10.1. The fourth-order valence-electron chi connectivity index (χ4n) is 2.45. The third-order valence-electron chi connectivity index (χ3n) is 3.96. The van der Waals surface area contributed by atoms with Crippen molar-refractivity contribution in [2.75, 3.05) is 17.3 Å². The molecule has 134 valence electrons. The maximum absolute atomic E-state index is 11.8. The van der Waals surface area contributed by atoms with E-state index in [4.69, 9.17) is 9.15 Å². The van der Waals surface area contributed by atoms with Gasteiger partial charge in [-0.1, -0.05) is 17.8 Å². The van der Waals surface area contributed by atoms with Crippen LogP contribution in [0.5, 0.6) is 0 Å². The lowest BCUT2D eigenvalue weighted by molar-refractivity contribution is -0.144. The van der Waals surface area contributed by atoms with Gasteiger partial charge in [-0.25, -0.2) is 8.42 Å². The molecule has 1 saturated heterocycles. The number of carbonyl (C=O) groups excluding carboxylic acids is 1. The molecule has 0 aliphatic carbocycles. The zero-order valence-corrected chi connectivity index (χ0v) is 15.5. The Bertz CT molecular complexity index is 892. The summed E-state index contributed by atoms with van der Waals surface area (Å²) in [6, 6.07) is 5.85. The highest BCUT2D eigenvalue weighted by Crippen LogP contribution is 2.25. The van der Waals surface area contributed by atoms with Gasteiger partial charge in [-0.05, 0) is 43.5 Å². The summed E-state index contributed by atoms with van der Waals surface area (Å²) in [7, 11) is -3.07. The number of esters is 1. The normalized spacial score (nSPS) is 19.0. The fraction of sp³-hybridized carbons (Fsp3) is 0.438. The molecule has 1 fully saturated rings. The number of hydrogen-bond acceptors (Lipinski definition) is 8. The molecule has 1 aliphatic heterocycles. The van der Waals surface area contributed by atoms with Gasteiger partial charge in [-0.15, -0.1) is 10.2 Å². The monoisotopic (exact) mass is 382 g/mol. The summed E-state index contributed by atoms with van der Waals surface area (Å²) in [5, 5.41) is 8.17. The second kappa shape index (κ2) is 7.17. The van der Waals surface area contributed by atoms with Crippen molar-refractivity contribution in [1.82, 2.24) is 10.2 Å². The molecule has 0 spiro atoms. The van der Waals surface area contributed by atoms with Crippen LogP contribution in [0.15, 0.2) is 27.8 Å². The SMILES string of the molecule is Cc1ccc(-c2nnc(SCC(=O)O[C@H]3CCS(=O)(=O)C3)o2)cc1C. The van der Waals surface area contributed by atoms with Crippen molar-refractivity contribution in [2.24, 2.45) is 0 Å². The first kappa shape index (κ1) is 17.9. The largest absolute Gasteiger partial charge is 0.461 e. The highest BCUT2D eigenvalue weighted by atomic mass is 32.2. The lowest BCUT2D eigenvalue weighted by Crippen LogP contribution is -2.20. The first-order valence-electron chi connectivity index (χ1n) is 7.76. The number of hydrogen-bond donors (Lipinski definition) is 0. The lowest BCUT2D eigenvalue weighted by Gasteiger charge is -2.08. The van der Waals surface area contributed by atoms with Crippen molar-refractivity contribution in [3.63, 3.8) is 0 Å². The molecule has 0 saturated carbocycles. The summed E-state index contributed by atoms with van der Waals surface area (Å²) in [5.41, 5.74) is 3.12. The molecular weight excluding hydrogens is 364 g/mol. The number of nitrogens with zero attached hydrogens (tertiary/aromatic N) is 2. The number of thioether (sulfide) groups is 1. The zero-order valence-electron chi connectivity index (χ0n) is 13.9. The molecule has 0 N–H and O–H groups in total. The number of aryl methyl sites for hydroxylation is 2. The molecule has 2 heterocycles. The summed E-state index contributed by atoms with van der Waals surface area (Å²) < 4.78 is 33.4. The van der Waals surface area contributed by atoms with Crippen molar-refractivity contribution >= 4 is 27.6 Å². The maximum atomic E-state index is 11.8. The molecule has 0 bridgehead atoms. The molecule has 1 aromatic heterocycles. The van der Waals surface area contributed by atoms with Crippen LogP contribution in [0.4, 0.5) is 0 Å². The highest BCUT2D eigenvalue weighted by molar-refractivity contribution is 7.99. The van der Waals surface area contributed by atoms with Gasteiger partial charge < -0.3 is 9.15 Å². The molecule has 7 nitrogen and oxygen atoms in total. The fourth-order valence-corrected chi connectivity index (χ4v) is 4.59. The van der Waals surface area contributed by atoms with Gasteiger partial charge in [-0.2, -0.15) is 0 Å². The molecular formula is C16H18N2O5S2. The first-order valence-corrected chi connectivity index (χ1v) is 10.6. The molecule has 2 aromatic rings. The predicted octanol–water partition coefficient (Wildman–Crippen LogP) is 2.18. The summed E-state index contributed by atoms with van der Waals surface area (Å²) in [5.74, 6) is -0.133. The third kappa shape index (κ3) is 4.60. The predicted molar refractivity (Wildman–Crippen MR) is 93.1 cm³/mol. The van der Waals surface area contributed by atoms with Crippen LogP contribution in [0.2, 0.25) is 0 Å². The third-order valence-corrected chi connectivity index (χ3v) is 6.49. The summed E-state index contributed by atoms with van der Waals surface area (Å²) >= 11 is 1.07. The van der Waals surface area contributed by atoms with Crippen LogP contribution >= 0.6 is 11.8 Å². The number of carbonyl (C=O) groups is 1. The Balaban J connectivity index is 1.55. The van der Waals surface area contributed by atoms with E-state index in [1.165, 1.54) is 5.56 Å². The van der Waals surface area contributed by atoms with Gasteiger partial charge in [0.2, 0.25) is 5.89 Å². The van der Waals surface area contributed by atoms with Crippen LogP contribution in [0, 0.1) is 13.8 Å². The van der Waals surface area contributed by atoms with E-state index in [9.17, 15) is 13.2 Å². The molecule has 0 radical (unpaired) electrons. The van der Waals surface area contributed by atoms with Crippen molar-refractivity contribution in [3.05, 3.63) is 29.3 Å². The maximum Gasteiger partial charge on any atom is 0.316 e. The Labute approximate surface area is 150 Å². The van der Waals surface area contributed by atoms with E-state index >= 15 is 0 Å². The number of ether oxygens (including phenoxy) is 1. The first-order chi connectivity index (χ1) is 11.8. The second-order valence-corrected chi connectivity index (χ2v) is 9.13. The van der Waals surface area contributed by atoms with Crippen LogP contribution in [-0.4, -0.2) is 47.9 Å². The summed E-state index contributed by atoms with van der Waals surface area (Å²) in [4.78, 5) is 11.8. The van der Waals surface area contributed by atoms with Crippen molar-refractivity contribution in [2.45, 2.75) is 31.6 Å². The van der Waals surface area contributed by atoms with Crippen LogP contribution in [0.25, 0.3) is 11.5 Å². The van der Waals surface area contributed by atoms with E-state index in [-0.39, 0.29) is 22.5 Å². The van der Waals surface area contributed by atoms with Gasteiger partial charge in [0.15, 0.2) is 9.84 Å². The van der Waals surface area contributed by atoms with Crippen LogP contribution < -0.4 is 0 Å². The van der Waals surface area contributed by atoms with Crippen LogP contribution in [0.3, 0.4) is 0 Å². The molecule has 1 aromatic carbocycles. The molecule has 0 unspecified atom stereocenters. The van der Waals surface area contributed by atoms with E-state index in [1.54, 1.807) is 0 Å². The van der Waals surface area contributed by atoms with Gasteiger partial charge in [0.25, 0.3) is 5.22 Å². The number of benzene rings is 1. The smallest absolute Gasteiger partial charge is 0.316 e. The molecule has 1 aliphatic rings. The minimum absolute atomic E-state index is 0.00882. The minimum atomic E-state index is -3.07. The quantitative estimate of drug-likeness (QED) is 0.573. The van der Waals surface area contributed by atoms with E-state index in [2.05, 4.69) is 10.2 Å². The molecule has 9 heteroatoms. The van der Waals surface area contributed by atoms with Crippen molar-refractivity contribution in [1.29, 1.82) is 0 Å². The number of rotatable bonds is 5. The van der Waals surface area contributed by atoms with Gasteiger partial charge in [0, 0.05) is 5.56 Å². The molecule has 0 amide bonds. The van der Waals surface area contributed by atoms with Gasteiger partial charge in [0.05, 0.1) is 11.5 Å². The summed E-state index contributed by atoms with van der Waals surface area (Å²) in [6.45, 7) is 4.03.